The van der Waals surface area contributed by atoms with Gasteiger partial charge in [0.25, 0.3) is 18.8 Å². The maximum absolute atomic E-state index is 13.2. The smallest absolute Gasteiger partial charge is 0.280 e. The number of amides is 1. The summed E-state index contributed by atoms with van der Waals surface area (Å²) in [5.74, 6) is -0.327. The van der Waals surface area contributed by atoms with Crippen LogP contribution in [0.3, 0.4) is 0 Å². The number of carbonyl (C=O) groups excluding carboxylic acids is 1. The van der Waals surface area contributed by atoms with Crippen molar-refractivity contribution in [3.63, 3.8) is 0 Å². The summed E-state index contributed by atoms with van der Waals surface area (Å²) in [4.78, 5) is 16.0. The number of alkyl halides is 4. The number of nitrogens with one attached hydrogen (secondary N) is 1. The predicted octanol–water partition coefficient (Wildman–Crippen LogP) is 4.17. The first-order chi connectivity index (χ1) is 12.8. The van der Waals surface area contributed by atoms with Crippen LogP contribution in [0.2, 0.25) is 0 Å². The van der Waals surface area contributed by atoms with Gasteiger partial charge >= 0.3 is 0 Å². The number of methoxy groups -OCH3 is 1. The summed E-state index contributed by atoms with van der Waals surface area (Å²) in [6, 6.07) is 6.73. The third-order valence-electron chi connectivity index (χ3n) is 3.76. The van der Waals surface area contributed by atoms with Crippen LogP contribution >= 0.6 is 0 Å². The molecule has 1 aromatic carbocycles. The standard InChI is InChI=1S/C17H14F4N4O2/c1-8-3-4-13(27-2)9(5-8)23-17(26)11-7-14-22-10(15(18)19)6-12(16(20)21)25(14)24-11/h3-7,15-16H,1-2H3,(H,23,26). The van der Waals surface area contributed by atoms with Gasteiger partial charge in [0.05, 0.1) is 12.8 Å². The molecule has 1 N–H and O–H groups in total. The van der Waals surface area contributed by atoms with Crippen LogP contribution in [-0.4, -0.2) is 27.6 Å². The first-order valence-electron chi connectivity index (χ1n) is 7.73. The molecule has 27 heavy (non-hydrogen) atoms. The molecule has 0 bridgehead atoms. The van der Waals surface area contributed by atoms with Gasteiger partial charge in [0.1, 0.15) is 17.1 Å². The number of fused-ring (bicyclic) bond motifs is 1. The zero-order chi connectivity index (χ0) is 19.7. The molecule has 0 aliphatic rings. The lowest BCUT2D eigenvalue weighted by atomic mass is 10.2. The van der Waals surface area contributed by atoms with Crippen LogP contribution in [0, 0.1) is 6.92 Å². The molecule has 2 aromatic heterocycles. The molecule has 3 aromatic rings. The van der Waals surface area contributed by atoms with Crippen LogP contribution in [0.1, 0.15) is 40.3 Å². The minimum Gasteiger partial charge on any atom is -0.495 e. The van der Waals surface area contributed by atoms with Crippen molar-refractivity contribution in [1.82, 2.24) is 14.6 Å². The number of aromatic nitrogens is 3. The van der Waals surface area contributed by atoms with E-state index in [2.05, 4.69) is 15.4 Å². The van der Waals surface area contributed by atoms with E-state index in [1.54, 1.807) is 18.2 Å². The number of ether oxygens (including phenoxy) is 1. The summed E-state index contributed by atoms with van der Waals surface area (Å²) < 4.78 is 58.0. The Balaban J connectivity index is 2.01. The monoisotopic (exact) mass is 382 g/mol. The number of nitrogens with zero attached hydrogens (tertiary/aromatic N) is 3. The fraction of sp³-hybridized carbons (Fsp3) is 0.235. The van der Waals surface area contributed by atoms with Crippen LogP contribution < -0.4 is 10.1 Å². The molecule has 3 rings (SSSR count). The van der Waals surface area contributed by atoms with Crippen molar-refractivity contribution in [2.45, 2.75) is 19.8 Å². The Labute approximate surface area is 150 Å². The molecule has 10 heteroatoms. The number of benzene rings is 1. The van der Waals surface area contributed by atoms with Gasteiger partial charge in [-0.15, -0.1) is 0 Å². The Hall–Kier alpha value is -3.17. The number of halogens is 4. The highest BCUT2D eigenvalue weighted by molar-refractivity contribution is 6.04. The van der Waals surface area contributed by atoms with Gasteiger partial charge < -0.3 is 10.1 Å². The summed E-state index contributed by atoms with van der Waals surface area (Å²) >= 11 is 0. The van der Waals surface area contributed by atoms with E-state index in [1.807, 2.05) is 6.92 Å². The molecular formula is C17H14F4N4O2. The number of hydrogen-bond donors (Lipinski definition) is 1. The first kappa shape index (κ1) is 18.6. The average Bonchev–Trinajstić information content (AvgIpc) is 3.05. The van der Waals surface area contributed by atoms with Crippen LogP contribution in [0.5, 0.6) is 5.75 Å². The van der Waals surface area contributed by atoms with E-state index in [1.165, 1.54) is 7.11 Å². The molecule has 0 saturated carbocycles. The molecule has 1 amide bonds. The van der Waals surface area contributed by atoms with E-state index in [9.17, 15) is 22.4 Å². The summed E-state index contributed by atoms with van der Waals surface area (Å²) in [6.45, 7) is 1.81. The molecule has 0 unspecified atom stereocenters. The lowest BCUT2D eigenvalue weighted by Crippen LogP contribution is -2.14. The second kappa shape index (κ2) is 7.22. The van der Waals surface area contributed by atoms with E-state index in [-0.39, 0.29) is 11.3 Å². The third kappa shape index (κ3) is 3.69. The normalized spacial score (nSPS) is 11.4. The summed E-state index contributed by atoms with van der Waals surface area (Å²) in [5, 5.41) is 6.35. The molecule has 6 nitrogen and oxygen atoms in total. The van der Waals surface area contributed by atoms with Crippen molar-refractivity contribution < 1.29 is 27.1 Å². The van der Waals surface area contributed by atoms with Crippen LogP contribution in [0.15, 0.2) is 30.3 Å². The van der Waals surface area contributed by atoms with Crippen LogP contribution in [0.4, 0.5) is 23.2 Å². The highest BCUT2D eigenvalue weighted by Gasteiger charge is 2.22. The Morgan fingerprint density at radius 2 is 1.89 bits per heavy atom. The second-order valence-electron chi connectivity index (χ2n) is 5.66. The number of aryl methyl sites for hydroxylation is 1. The fourth-order valence-corrected chi connectivity index (χ4v) is 2.50. The third-order valence-corrected chi connectivity index (χ3v) is 3.76. The summed E-state index contributed by atoms with van der Waals surface area (Å²) in [7, 11) is 1.43. The van der Waals surface area contributed by atoms with Crippen molar-refractivity contribution in [3.05, 3.63) is 53.0 Å². The topological polar surface area (TPSA) is 68.5 Å². The van der Waals surface area contributed by atoms with E-state index in [0.717, 1.165) is 11.6 Å². The van der Waals surface area contributed by atoms with E-state index in [4.69, 9.17) is 4.74 Å². The van der Waals surface area contributed by atoms with Crippen molar-refractivity contribution in [2.75, 3.05) is 12.4 Å². The highest BCUT2D eigenvalue weighted by Crippen LogP contribution is 2.27. The Kier molecular flexibility index (Phi) is 4.98. The molecule has 0 spiro atoms. The molecule has 0 atom stereocenters. The molecule has 0 aliphatic heterocycles. The summed E-state index contributed by atoms with van der Waals surface area (Å²) in [5.41, 5.74) is -0.907. The van der Waals surface area contributed by atoms with Gasteiger partial charge in [-0.1, -0.05) is 6.07 Å². The quantitative estimate of drug-likeness (QED) is 0.673. The van der Waals surface area contributed by atoms with Crippen LogP contribution in [0.25, 0.3) is 5.65 Å². The number of hydrogen-bond acceptors (Lipinski definition) is 4. The first-order valence-corrected chi connectivity index (χ1v) is 7.73. The lowest BCUT2D eigenvalue weighted by Gasteiger charge is -2.10. The van der Waals surface area contributed by atoms with Crippen molar-refractivity contribution in [1.29, 1.82) is 0 Å². The van der Waals surface area contributed by atoms with Crippen LogP contribution in [-0.2, 0) is 0 Å². The SMILES string of the molecule is COc1ccc(C)cc1NC(=O)c1cc2nc(C(F)F)cc(C(F)F)n2n1. The second-order valence-corrected chi connectivity index (χ2v) is 5.66. The molecular weight excluding hydrogens is 368 g/mol. The maximum atomic E-state index is 13.2. The highest BCUT2D eigenvalue weighted by atomic mass is 19.3. The van der Waals surface area contributed by atoms with Gasteiger partial charge in [-0.3, -0.25) is 4.79 Å². The van der Waals surface area contributed by atoms with E-state index < -0.39 is 30.1 Å². The predicted molar refractivity (Wildman–Crippen MR) is 88.6 cm³/mol. The Bertz CT molecular complexity index is 1000. The number of anilines is 1. The summed E-state index contributed by atoms with van der Waals surface area (Å²) in [6.07, 6.45) is -6.10. The maximum Gasteiger partial charge on any atom is 0.280 e. The van der Waals surface area contributed by atoms with E-state index in [0.29, 0.717) is 22.0 Å². The lowest BCUT2D eigenvalue weighted by molar-refractivity contribution is 0.102. The molecule has 0 saturated heterocycles. The van der Waals surface area contributed by atoms with Gasteiger partial charge in [0, 0.05) is 6.07 Å². The van der Waals surface area contributed by atoms with E-state index >= 15 is 0 Å². The van der Waals surface area contributed by atoms with Crippen molar-refractivity contribution in [2.24, 2.45) is 0 Å². The molecule has 0 aliphatic carbocycles. The van der Waals surface area contributed by atoms with Gasteiger partial charge in [0.2, 0.25) is 0 Å². The Morgan fingerprint density at radius 3 is 2.52 bits per heavy atom. The van der Waals surface area contributed by atoms with Crippen molar-refractivity contribution in [3.8, 4) is 5.75 Å². The van der Waals surface area contributed by atoms with Gasteiger partial charge in [0.15, 0.2) is 11.3 Å². The molecule has 0 radical (unpaired) electrons. The number of carbonyl (C=O) groups is 1. The zero-order valence-electron chi connectivity index (χ0n) is 14.2. The minimum atomic E-state index is -3.07. The van der Waals surface area contributed by atoms with Gasteiger partial charge in [-0.05, 0) is 30.7 Å². The fourth-order valence-electron chi connectivity index (χ4n) is 2.50. The number of rotatable bonds is 5. The van der Waals surface area contributed by atoms with Gasteiger partial charge in [-0.25, -0.2) is 27.1 Å². The van der Waals surface area contributed by atoms with Crippen molar-refractivity contribution >= 4 is 17.2 Å². The minimum absolute atomic E-state index is 0.251. The zero-order valence-corrected chi connectivity index (χ0v) is 14.2. The Morgan fingerprint density at radius 1 is 1.15 bits per heavy atom. The van der Waals surface area contributed by atoms with Gasteiger partial charge in [-0.2, -0.15) is 5.10 Å². The molecule has 0 fully saturated rings. The molecule has 142 valence electrons. The average molecular weight is 382 g/mol. The molecule has 2 heterocycles. The largest absolute Gasteiger partial charge is 0.495 e.